The number of aliphatic imine (C=N–C) groups is 1. The SMILES string of the molecule is NC(=NCc1ccc2c(c1)OCO2)Nc1ccc([N+](=O)[O-])cn1. The molecule has 23 heavy (non-hydrogen) atoms. The van der Waals surface area contributed by atoms with Crippen LogP contribution in [0.15, 0.2) is 41.5 Å². The third-order valence-corrected chi connectivity index (χ3v) is 3.08. The van der Waals surface area contributed by atoms with Crippen LogP contribution in [0.25, 0.3) is 0 Å². The van der Waals surface area contributed by atoms with Gasteiger partial charge in [-0.25, -0.2) is 9.98 Å². The minimum atomic E-state index is -0.520. The van der Waals surface area contributed by atoms with Crippen molar-refractivity contribution in [2.75, 3.05) is 12.1 Å². The summed E-state index contributed by atoms with van der Waals surface area (Å²) in [6.45, 7) is 0.569. The van der Waals surface area contributed by atoms with E-state index in [9.17, 15) is 10.1 Å². The van der Waals surface area contributed by atoms with Gasteiger partial charge in [-0.2, -0.15) is 0 Å². The first-order valence-corrected chi connectivity index (χ1v) is 6.68. The molecule has 9 nitrogen and oxygen atoms in total. The number of aromatic nitrogens is 1. The molecule has 3 N–H and O–H groups in total. The van der Waals surface area contributed by atoms with Crippen LogP contribution in [0.1, 0.15) is 5.56 Å². The molecule has 1 aliphatic heterocycles. The maximum Gasteiger partial charge on any atom is 0.287 e. The molecule has 0 atom stereocenters. The smallest absolute Gasteiger partial charge is 0.287 e. The summed E-state index contributed by atoms with van der Waals surface area (Å²) in [6.07, 6.45) is 1.15. The van der Waals surface area contributed by atoms with Crippen molar-refractivity contribution in [2.45, 2.75) is 6.54 Å². The average molecular weight is 315 g/mol. The second-order valence-electron chi connectivity index (χ2n) is 4.67. The summed E-state index contributed by atoms with van der Waals surface area (Å²) in [5, 5.41) is 13.3. The topological polar surface area (TPSA) is 125 Å². The number of pyridine rings is 1. The molecule has 0 saturated carbocycles. The van der Waals surface area contributed by atoms with Gasteiger partial charge in [0, 0.05) is 6.07 Å². The number of anilines is 1. The van der Waals surface area contributed by atoms with Crippen LogP contribution in [0, 0.1) is 10.1 Å². The molecule has 0 bridgehead atoms. The molecule has 0 aliphatic carbocycles. The highest BCUT2D eigenvalue weighted by Crippen LogP contribution is 2.32. The predicted octanol–water partition coefficient (Wildman–Crippen LogP) is 1.65. The summed E-state index contributed by atoms with van der Waals surface area (Å²) in [6, 6.07) is 8.31. The number of guanidine groups is 1. The average Bonchev–Trinajstić information content (AvgIpc) is 3.01. The molecule has 0 saturated heterocycles. The van der Waals surface area contributed by atoms with Crippen LogP contribution in [-0.4, -0.2) is 22.7 Å². The Bertz CT molecular complexity index is 760. The summed E-state index contributed by atoms with van der Waals surface area (Å²) in [5.74, 6) is 1.92. The lowest BCUT2D eigenvalue weighted by Crippen LogP contribution is -2.23. The van der Waals surface area contributed by atoms with Crippen molar-refractivity contribution >= 4 is 17.5 Å². The summed E-state index contributed by atoms with van der Waals surface area (Å²) in [7, 11) is 0. The number of fused-ring (bicyclic) bond motifs is 1. The maximum absolute atomic E-state index is 10.6. The summed E-state index contributed by atoms with van der Waals surface area (Å²) >= 11 is 0. The lowest BCUT2D eigenvalue weighted by molar-refractivity contribution is -0.385. The molecule has 0 fully saturated rings. The molecule has 0 spiro atoms. The fourth-order valence-corrected chi connectivity index (χ4v) is 1.95. The zero-order valence-corrected chi connectivity index (χ0v) is 11.9. The number of hydrogen-bond donors (Lipinski definition) is 2. The van der Waals surface area contributed by atoms with Crippen LogP contribution >= 0.6 is 0 Å². The van der Waals surface area contributed by atoms with Crippen molar-refractivity contribution in [1.29, 1.82) is 0 Å². The number of benzene rings is 1. The molecule has 0 amide bonds. The van der Waals surface area contributed by atoms with Gasteiger partial charge in [0.25, 0.3) is 5.69 Å². The number of rotatable bonds is 4. The van der Waals surface area contributed by atoms with E-state index in [2.05, 4.69) is 15.3 Å². The highest BCUT2D eigenvalue weighted by Gasteiger charge is 2.12. The van der Waals surface area contributed by atoms with Crippen molar-refractivity contribution in [3.8, 4) is 11.5 Å². The summed E-state index contributed by atoms with van der Waals surface area (Å²) < 4.78 is 10.5. The van der Waals surface area contributed by atoms with E-state index in [-0.39, 0.29) is 18.4 Å². The largest absolute Gasteiger partial charge is 0.454 e. The predicted molar refractivity (Wildman–Crippen MR) is 82.4 cm³/mol. The monoisotopic (exact) mass is 315 g/mol. The standard InChI is InChI=1S/C14H13N5O4/c15-14(18-13-4-2-10(7-16-13)19(20)21)17-6-9-1-3-11-12(5-9)23-8-22-11/h1-5,7H,6,8H2,(H3,15,16,17,18). The second kappa shape index (κ2) is 6.18. The third kappa shape index (κ3) is 3.46. The van der Waals surface area contributed by atoms with Crippen LogP contribution in [0.5, 0.6) is 11.5 Å². The molecule has 1 aliphatic rings. The Labute approximate surface area is 130 Å². The Kier molecular flexibility index (Phi) is 3.91. The molecular weight excluding hydrogens is 302 g/mol. The van der Waals surface area contributed by atoms with Gasteiger partial charge >= 0.3 is 0 Å². The van der Waals surface area contributed by atoms with E-state index in [4.69, 9.17) is 15.2 Å². The van der Waals surface area contributed by atoms with Gasteiger partial charge < -0.3 is 20.5 Å². The molecule has 9 heteroatoms. The van der Waals surface area contributed by atoms with Gasteiger partial charge in [-0.1, -0.05) is 6.07 Å². The number of nitro groups is 1. The van der Waals surface area contributed by atoms with E-state index in [1.165, 1.54) is 12.1 Å². The zero-order valence-electron chi connectivity index (χ0n) is 11.9. The number of hydrogen-bond acceptors (Lipinski definition) is 6. The molecule has 2 aromatic rings. The van der Waals surface area contributed by atoms with Crippen LogP contribution in [-0.2, 0) is 6.54 Å². The lowest BCUT2D eigenvalue weighted by atomic mass is 10.2. The highest BCUT2D eigenvalue weighted by molar-refractivity contribution is 5.91. The maximum atomic E-state index is 10.6. The molecular formula is C14H13N5O4. The van der Waals surface area contributed by atoms with Gasteiger partial charge in [0.15, 0.2) is 17.5 Å². The van der Waals surface area contributed by atoms with E-state index < -0.39 is 4.92 Å². The van der Waals surface area contributed by atoms with Crippen molar-refractivity contribution in [3.63, 3.8) is 0 Å². The lowest BCUT2D eigenvalue weighted by Gasteiger charge is -2.05. The number of nitrogens with one attached hydrogen (secondary N) is 1. The van der Waals surface area contributed by atoms with Crippen LogP contribution in [0.3, 0.4) is 0 Å². The second-order valence-corrected chi connectivity index (χ2v) is 4.67. The fraction of sp³-hybridized carbons (Fsp3) is 0.143. The third-order valence-electron chi connectivity index (χ3n) is 3.08. The zero-order chi connectivity index (χ0) is 16.2. The van der Waals surface area contributed by atoms with Crippen LogP contribution in [0.2, 0.25) is 0 Å². The van der Waals surface area contributed by atoms with Gasteiger partial charge in [0.05, 0.1) is 11.5 Å². The Morgan fingerprint density at radius 2 is 2.17 bits per heavy atom. The van der Waals surface area contributed by atoms with E-state index >= 15 is 0 Å². The quantitative estimate of drug-likeness (QED) is 0.380. The highest BCUT2D eigenvalue weighted by atomic mass is 16.7. The Balaban J connectivity index is 1.62. The van der Waals surface area contributed by atoms with Crippen molar-refractivity contribution in [3.05, 3.63) is 52.2 Å². The minimum absolute atomic E-state index is 0.0913. The number of ether oxygens (including phenoxy) is 2. The first-order valence-electron chi connectivity index (χ1n) is 6.68. The van der Waals surface area contributed by atoms with Crippen molar-refractivity contribution in [2.24, 2.45) is 10.7 Å². The fourth-order valence-electron chi connectivity index (χ4n) is 1.95. The van der Waals surface area contributed by atoms with E-state index in [1.807, 2.05) is 18.2 Å². The summed E-state index contributed by atoms with van der Waals surface area (Å²) in [5.41, 5.74) is 6.59. The van der Waals surface area contributed by atoms with Gasteiger partial charge in [-0.3, -0.25) is 10.1 Å². The molecule has 3 rings (SSSR count). The first-order chi connectivity index (χ1) is 11.1. The van der Waals surface area contributed by atoms with Crippen LogP contribution < -0.4 is 20.5 Å². The Hall–Kier alpha value is -3.36. The van der Waals surface area contributed by atoms with E-state index in [1.54, 1.807) is 0 Å². The number of nitrogens with two attached hydrogens (primary N) is 1. The first kappa shape index (κ1) is 14.6. The van der Waals surface area contributed by atoms with Gasteiger partial charge in [-0.15, -0.1) is 0 Å². The minimum Gasteiger partial charge on any atom is -0.454 e. The van der Waals surface area contributed by atoms with Crippen LogP contribution in [0.4, 0.5) is 11.5 Å². The summed E-state index contributed by atoms with van der Waals surface area (Å²) in [4.78, 5) is 18.1. The van der Waals surface area contributed by atoms with Gasteiger partial charge in [0.1, 0.15) is 12.0 Å². The molecule has 1 aromatic carbocycles. The van der Waals surface area contributed by atoms with Crippen molar-refractivity contribution in [1.82, 2.24) is 4.98 Å². The Morgan fingerprint density at radius 3 is 2.91 bits per heavy atom. The normalized spacial score (nSPS) is 13.0. The molecule has 118 valence electrons. The number of nitrogens with zero attached hydrogens (tertiary/aromatic N) is 3. The molecule has 2 heterocycles. The van der Waals surface area contributed by atoms with Crippen molar-refractivity contribution < 1.29 is 14.4 Å². The van der Waals surface area contributed by atoms with E-state index in [0.717, 1.165) is 11.8 Å². The molecule has 0 radical (unpaired) electrons. The Morgan fingerprint density at radius 1 is 1.35 bits per heavy atom. The van der Waals surface area contributed by atoms with Gasteiger partial charge in [-0.05, 0) is 23.8 Å². The van der Waals surface area contributed by atoms with Gasteiger partial charge in [0.2, 0.25) is 6.79 Å². The molecule has 1 aromatic heterocycles. The molecule has 0 unspecified atom stereocenters. The van der Waals surface area contributed by atoms with E-state index in [0.29, 0.717) is 23.9 Å².